The zero-order valence-electron chi connectivity index (χ0n) is 23.8. The summed E-state index contributed by atoms with van der Waals surface area (Å²) in [5, 5.41) is 3.96. The van der Waals surface area contributed by atoms with Gasteiger partial charge in [-0.1, -0.05) is 11.6 Å². The summed E-state index contributed by atoms with van der Waals surface area (Å²) in [6.07, 6.45) is 5.81. The number of benzene rings is 1. The molecule has 7 nitrogen and oxygen atoms in total. The number of ether oxygens (including phenoxy) is 2. The van der Waals surface area contributed by atoms with Gasteiger partial charge in [-0.15, -0.1) is 0 Å². The van der Waals surface area contributed by atoms with E-state index >= 15 is 0 Å². The second kappa shape index (κ2) is 11.4. The van der Waals surface area contributed by atoms with Crippen LogP contribution in [0.25, 0.3) is 0 Å². The molecule has 2 N–H and O–H groups in total. The normalized spacial score (nSPS) is 22.9. The van der Waals surface area contributed by atoms with E-state index in [0.717, 1.165) is 65.8 Å². The number of aromatic amines is 1. The number of nitrogens with zero attached hydrogens (tertiary/aromatic N) is 1. The van der Waals surface area contributed by atoms with Crippen molar-refractivity contribution >= 4 is 17.6 Å². The molecular weight excluding hydrogens is 502 g/mol. The van der Waals surface area contributed by atoms with Crippen LogP contribution in [-0.4, -0.2) is 55.2 Å². The Morgan fingerprint density at radius 1 is 1.21 bits per heavy atom. The van der Waals surface area contributed by atoms with Crippen LogP contribution < -0.4 is 15.6 Å². The number of fused-ring (bicyclic) bond motifs is 1. The number of methoxy groups -OCH3 is 1. The maximum absolute atomic E-state index is 12.9. The molecule has 208 valence electrons. The largest absolute Gasteiger partial charge is 0.486 e. The van der Waals surface area contributed by atoms with Gasteiger partial charge in [0.25, 0.3) is 5.56 Å². The summed E-state index contributed by atoms with van der Waals surface area (Å²) >= 11 is 7.05. The van der Waals surface area contributed by atoms with E-state index in [-0.39, 0.29) is 11.2 Å². The monoisotopic (exact) mass is 543 g/mol. The predicted molar refractivity (Wildman–Crippen MR) is 152 cm³/mol. The van der Waals surface area contributed by atoms with Gasteiger partial charge in [-0.05, 0) is 104 Å². The summed E-state index contributed by atoms with van der Waals surface area (Å²) < 4.78 is 11.9. The van der Waals surface area contributed by atoms with Gasteiger partial charge in [0.1, 0.15) is 11.4 Å². The number of hydrogen-bond acceptors (Lipinski definition) is 6. The number of aromatic nitrogens is 1. The van der Waals surface area contributed by atoms with Crippen LogP contribution in [0.5, 0.6) is 5.75 Å². The Morgan fingerprint density at radius 3 is 2.50 bits per heavy atom. The fourth-order valence-corrected chi connectivity index (χ4v) is 6.79. The van der Waals surface area contributed by atoms with Gasteiger partial charge in [-0.3, -0.25) is 4.79 Å². The molecule has 1 saturated carbocycles. The first-order valence-corrected chi connectivity index (χ1v) is 14.0. The highest BCUT2D eigenvalue weighted by Crippen LogP contribution is 2.50. The molecule has 1 aromatic heterocycles. The number of rotatable bonds is 8. The maximum atomic E-state index is 12.9. The van der Waals surface area contributed by atoms with E-state index in [1.54, 1.807) is 0 Å². The number of aryl methyl sites for hydroxylation is 2. The van der Waals surface area contributed by atoms with E-state index in [9.17, 15) is 9.59 Å². The van der Waals surface area contributed by atoms with Crippen molar-refractivity contribution in [3.05, 3.63) is 60.5 Å². The lowest BCUT2D eigenvalue weighted by Crippen LogP contribution is -2.44. The fraction of sp³-hybridized carbons (Fsp3) is 0.600. The smallest absolute Gasteiger partial charge is 0.338 e. The summed E-state index contributed by atoms with van der Waals surface area (Å²) in [7, 11) is 5.70. The topological polar surface area (TPSA) is 83.7 Å². The molecule has 2 aromatic rings. The summed E-state index contributed by atoms with van der Waals surface area (Å²) in [4.78, 5) is 30.5. The van der Waals surface area contributed by atoms with Gasteiger partial charge in [0, 0.05) is 41.4 Å². The van der Waals surface area contributed by atoms with Crippen LogP contribution in [0.4, 0.5) is 0 Å². The number of nitrogens with one attached hydrogen (secondary N) is 2. The predicted octanol–water partition coefficient (Wildman–Crippen LogP) is 4.89. The molecule has 2 aliphatic rings. The molecule has 0 saturated heterocycles. The molecule has 1 aliphatic heterocycles. The summed E-state index contributed by atoms with van der Waals surface area (Å²) in [5.74, 6) is 0.770. The lowest BCUT2D eigenvalue weighted by molar-refractivity contribution is 0.0157. The Kier molecular flexibility index (Phi) is 8.60. The molecule has 0 spiro atoms. The molecular formula is C30H42ClN3O4. The van der Waals surface area contributed by atoms with Gasteiger partial charge in [-0.25, -0.2) is 4.79 Å². The number of esters is 1. The van der Waals surface area contributed by atoms with Crippen molar-refractivity contribution in [3.63, 3.8) is 0 Å². The van der Waals surface area contributed by atoms with Crippen LogP contribution in [0.3, 0.4) is 0 Å². The minimum Gasteiger partial charge on any atom is -0.486 e. The molecule has 1 aromatic carbocycles. The van der Waals surface area contributed by atoms with Crippen molar-refractivity contribution in [2.24, 2.45) is 5.92 Å². The van der Waals surface area contributed by atoms with Crippen molar-refractivity contribution in [2.75, 3.05) is 27.7 Å². The number of halogens is 1. The summed E-state index contributed by atoms with van der Waals surface area (Å²) in [5.41, 5.74) is 5.15. The number of carbonyl (C=O) groups is 1. The molecule has 1 unspecified atom stereocenters. The summed E-state index contributed by atoms with van der Waals surface area (Å²) in [6.45, 7) is 8.95. The molecule has 0 radical (unpaired) electrons. The molecule has 0 bridgehead atoms. The first-order chi connectivity index (χ1) is 18.0. The quantitative estimate of drug-likeness (QED) is 0.364. The first-order valence-electron chi connectivity index (χ1n) is 13.6. The third-order valence-corrected chi connectivity index (χ3v) is 9.17. The molecule has 8 heteroatoms. The number of carbonyl (C=O) groups excluding carboxylic acids is 1. The van der Waals surface area contributed by atoms with Gasteiger partial charge in [0.15, 0.2) is 0 Å². The minimum absolute atomic E-state index is 0.0762. The molecule has 1 aliphatic carbocycles. The first kappa shape index (κ1) is 28.7. The Labute approximate surface area is 231 Å². The molecule has 0 amide bonds. The van der Waals surface area contributed by atoms with E-state index in [1.165, 1.54) is 7.11 Å². The van der Waals surface area contributed by atoms with E-state index < -0.39 is 5.97 Å². The Balaban J connectivity index is 1.55. The van der Waals surface area contributed by atoms with E-state index in [2.05, 4.69) is 36.2 Å². The molecule has 38 heavy (non-hydrogen) atoms. The lowest BCUT2D eigenvalue weighted by Gasteiger charge is -2.40. The Hall–Kier alpha value is -2.35. The van der Waals surface area contributed by atoms with Gasteiger partial charge in [-0.2, -0.15) is 0 Å². The van der Waals surface area contributed by atoms with Gasteiger partial charge in [0.05, 0.1) is 17.7 Å². The van der Waals surface area contributed by atoms with Crippen LogP contribution in [-0.2, 0) is 24.1 Å². The molecule has 1 fully saturated rings. The summed E-state index contributed by atoms with van der Waals surface area (Å²) in [6, 6.07) is 2.59. The third kappa shape index (κ3) is 5.51. The van der Waals surface area contributed by atoms with Crippen molar-refractivity contribution in [1.29, 1.82) is 0 Å². The second-order valence-electron chi connectivity index (χ2n) is 11.5. The van der Waals surface area contributed by atoms with Crippen molar-refractivity contribution < 1.29 is 14.3 Å². The van der Waals surface area contributed by atoms with Gasteiger partial charge in [0.2, 0.25) is 0 Å². The number of hydrogen-bond donors (Lipinski definition) is 2. The number of H-pyrrole nitrogens is 1. The highest BCUT2D eigenvalue weighted by Gasteiger charge is 2.46. The highest BCUT2D eigenvalue weighted by molar-refractivity contribution is 6.33. The molecule has 2 heterocycles. The van der Waals surface area contributed by atoms with E-state index in [0.29, 0.717) is 47.6 Å². The molecule has 4 rings (SSSR count). The Bertz CT molecular complexity index is 1260. The standard InChI is InChI=1S/C30H42ClN3O4/c1-17-14-18(2)33-28(35)24(17)16-32-13-12-22-25(29(36)37-7)19(3)27-23(26(22)31)15-30(4,38-27)20-8-10-21(11-9-20)34(5)6/h14,20-21,32H,8-13,15-16H2,1-7H3,(H,33,35). The van der Waals surface area contributed by atoms with Crippen molar-refractivity contribution in [2.45, 2.75) is 84.4 Å². The Morgan fingerprint density at radius 2 is 1.89 bits per heavy atom. The van der Waals surface area contributed by atoms with Gasteiger partial charge >= 0.3 is 5.97 Å². The lowest BCUT2D eigenvalue weighted by atomic mass is 9.74. The van der Waals surface area contributed by atoms with Crippen LogP contribution in [0, 0.1) is 26.7 Å². The number of pyridine rings is 1. The van der Waals surface area contributed by atoms with Crippen LogP contribution in [0.2, 0.25) is 5.02 Å². The van der Waals surface area contributed by atoms with E-state index in [4.69, 9.17) is 21.1 Å². The van der Waals surface area contributed by atoms with Gasteiger partial charge < -0.3 is 24.7 Å². The average Bonchev–Trinajstić information content (AvgIpc) is 3.25. The van der Waals surface area contributed by atoms with Crippen LogP contribution in [0.15, 0.2) is 10.9 Å². The molecule has 1 atom stereocenters. The van der Waals surface area contributed by atoms with E-state index in [1.807, 2.05) is 26.8 Å². The second-order valence-corrected chi connectivity index (χ2v) is 11.9. The zero-order chi connectivity index (χ0) is 27.8. The van der Waals surface area contributed by atoms with Crippen molar-refractivity contribution in [3.8, 4) is 5.75 Å². The fourth-order valence-electron chi connectivity index (χ4n) is 6.45. The zero-order valence-corrected chi connectivity index (χ0v) is 24.6. The minimum atomic E-state index is -0.406. The van der Waals surface area contributed by atoms with Crippen LogP contribution in [0.1, 0.15) is 76.5 Å². The van der Waals surface area contributed by atoms with Crippen molar-refractivity contribution in [1.82, 2.24) is 15.2 Å². The maximum Gasteiger partial charge on any atom is 0.338 e. The van der Waals surface area contributed by atoms with Crippen LogP contribution >= 0.6 is 11.6 Å². The third-order valence-electron chi connectivity index (χ3n) is 8.71. The highest BCUT2D eigenvalue weighted by atomic mass is 35.5. The average molecular weight is 544 g/mol. The SMILES string of the molecule is COC(=O)c1c(C)c2c(c(Cl)c1CCNCc1c(C)cc(C)[nH]c1=O)CC(C)(C1CCC(N(C)C)CC1)O2.